The van der Waals surface area contributed by atoms with Crippen molar-refractivity contribution in [2.75, 3.05) is 13.7 Å². The van der Waals surface area contributed by atoms with Crippen molar-refractivity contribution in [2.45, 2.75) is 19.5 Å². The van der Waals surface area contributed by atoms with E-state index in [-0.39, 0.29) is 12.6 Å². The first-order chi connectivity index (χ1) is 10.7. The summed E-state index contributed by atoms with van der Waals surface area (Å²) in [6.07, 6.45) is 5.21. The molecule has 114 valence electrons. The van der Waals surface area contributed by atoms with Gasteiger partial charge in [0, 0.05) is 12.6 Å². The fraction of sp³-hybridized carbons (Fsp3) is 0.263. The van der Waals surface area contributed by atoms with Gasteiger partial charge >= 0.3 is 0 Å². The summed E-state index contributed by atoms with van der Waals surface area (Å²) in [5, 5.41) is 3.50. The molecule has 1 atom stereocenters. The lowest BCUT2D eigenvalue weighted by Crippen LogP contribution is -2.18. The van der Waals surface area contributed by atoms with Gasteiger partial charge in [-0.1, -0.05) is 42.3 Å². The Balaban J connectivity index is 2.00. The largest absolute Gasteiger partial charge is 0.493 e. The van der Waals surface area contributed by atoms with Crippen LogP contribution in [0.4, 0.5) is 0 Å². The van der Waals surface area contributed by atoms with Crippen molar-refractivity contribution >= 4 is 0 Å². The molecule has 0 fully saturated rings. The molecule has 2 rings (SSSR count). The Bertz CT molecular complexity index is 632. The van der Waals surface area contributed by atoms with Gasteiger partial charge in [0.15, 0.2) is 11.5 Å². The first-order valence-electron chi connectivity index (χ1n) is 7.26. The molecule has 22 heavy (non-hydrogen) atoms. The third-order valence-corrected chi connectivity index (χ3v) is 3.45. The molecule has 3 nitrogen and oxygen atoms in total. The van der Waals surface area contributed by atoms with Gasteiger partial charge in [0.05, 0.1) is 7.11 Å². The van der Waals surface area contributed by atoms with E-state index in [2.05, 4.69) is 30.3 Å². The SMILES string of the molecule is C#CCOc1ccc(CNC(C)c2ccccc2)cc1OC. The molecule has 0 saturated carbocycles. The standard InChI is InChI=1S/C19H21NO2/c1-4-12-22-18-11-10-16(13-19(18)21-3)14-20-15(2)17-8-6-5-7-9-17/h1,5-11,13,15,20H,12,14H2,2-3H3. The topological polar surface area (TPSA) is 30.5 Å². The minimum atomic E-state index is 0.235. The van der Waals surface area contributed by atoms with Crippen LogP contribution in [0.5, 0.6) is 11.5 Å². The molecule has 0 amide bonds. The van der Waals surface area contributed by atoms with E-state index in [4.69, 9.17) is 15.9 Å². The quantitative estimate of drug-likeness (QED) is 0.792. The summed E-state index contributed by atoms with van der Waals surface area (Å²) in [5.74, 6) is 3.81. The van der Waals surface area contributed by atoms with E-state index in [0.717, 1.165) is 12.1 Å². The van der Waals surface area contributed by atoms with Crippen LogP contribution < -0.4 is 14.8 Å². The molecule has 2 aromatic rings. The van der Waals surface area contributed by atoms with Gasteiger partial charge < -0.3 is 14.8 Å². The Morgan fingerprint density at radius 2 is 1.91 bits per heavy atom. The molecule has 0 heterocycles. The maximum absolute atomic E-state index is 5.45. The second-order valence-corrected chi connectivity index (χ2v) is 4.99. The third-order valence-electron chi connectivity index (χ3n) is 3.45. The molecule has 2 aromatic carbocycles. The van der Waals surface area contributed by atoms with Crippen LogP contribution in [0.3, 0.4) is 0 Å². The van der Waals surface area contributed by atoms with Crippen molar-refractivity contribution in [3.8, 4) is 23.8 Å². The number of benzene rings is 2. The lowest BCUT2D eigenvalue weighted by Gasteiger charge is -2.15. The second kappa shape index (κ2) is 8.11. The van der Waals surface area contributed by atoms with Crippen molar-refractivity contribution in [2.24, 2.45) is 0 Å². The molecule has 0 bridgehead atoms. The molecule has 0 spiro atoms. The Hall–Kier alpha value is -2.44. The fourth-order valence-electron chi connectivity index (χ4n) is 2.19. The predicted molar refractivity (Wildman–Crippen MR) is 89.0 cm³/mol. The molecule has 0 aliphatic heterocycles. The summed E-state index contributed by atoms with van der Waals surface area (Å²) in [6, 6.07) is 16.5. The van der Waals surface area contributed by atoms with E-state index in [1.807, 2.05) is 36.4 Å². The van der Waals surface area contributed by atoms with Gasteiger partial charge in [-0.2, -0.15) is 0 Å². The summed E-state index contributed by atoms with van der Waals surface area (Å²) in [6.45, 7) is 3.14. The number of nitrogens with one attached hydrogen (secondary N) is 1. The summed E-state index contributed by atoms with van der Waals surface area (Å²) < 4.78 is 10.8. The highest BCUT2D eigenvalue weighted by Crippen LogP contribution is 2.28. The van der Waals surface area contributed by atoms with E-state index in [9.17, 15) is 0 Å². The van der Waals surface area contributed by atoms with Crippen LogP contribution in [0, 0.1) is 12.3 Å². The fourth-order valence-corrected chi connectivity index (χ4v) is 2.19. The number of hydrogen-bond donors (Lipinski definition) is 1. The lowest BCUT2D eigenvalue weighted by atomic mass is 10.1. The third kappa shape index (κ3) is 4.28. The van der Waals surface area contributed by atoms with Crippen LogP contribution in [0.25, 0.3) is 0 Å². The maximum atomic E-state index is 5.45. The number of methoxy groups -OCH3 is 1. The summed E-state index contributed by atoms with van der Waals surface area (Å²) in [5.41, 5.74) is 2.40. The lowest BCUT2D eigenvalue weighted by molar-refractivity contribution is 0.330. The van der Waals surface area contributed by atoms with E-state index in [1.165, 1.54) is 5.56 Å². The highest BCUT2D eigenvalue weighted by Gasteiger charge is 2.07. The predicted octanol–water partition coefficient (Wildman–Crippen LogP) is 3.56. The van der Waals surface area contributed by atoms with Gasteiger partial charge in [0.2, 0.25) is 0 Å². The molecule has 1 unspecified atom stereocenters. The van der Waals surface area contributed by atoms with Crippen molar-refractivity contribution < 1.29 is 9.47 Å². The van der Waals surface area contributed by atoms with Gasteiger partial charge in [0.1, 0.15) is 6.61 Å². The zero-order valence-corrected chi connectivity index (χ0v) is 13.0. The van der Waals surface area contributed by atoms with Gasteiger partial charge in [-0.15, -0.1) is 6.42 Å². The Morgan fingerprint density at radius 1 is 1.14 bits per heavy atom. The van der Waals surface area contributed by atoms with Gasteiger partial charge in [-0.3, -0.25) is 0 Å². The monoisotopic (exact) mass is 295 g/mol. The van der Waals surface area contributed by atoms with Crippen LogP contribution in [0.15, 0.2) is 48.5 Å². The highest BCUT2D eigenvalue weighted by atomic mass is 16.5. The normalized spacial score (nSPS) is 11.5. The number of ether oxygens (including phenoxy) is 2. The van der Waals surface area contributed by atoms with Gasteiger partial charge in [-0.25, -0.2) is 0 Å². The molecule has 0 aliphatic carbocycles. The van der Waals surface area contributed by atoms with E-state index in [0.29, 0.717) is 11.5 Å². The highest BCUT2D eigenvalue weighted by molar-refractivity contribution is 5.43. The van der Waals surface area contributed by atoms with Crippen LogP contribution in [0.1, 0.15) is 24.1 Å². The summed E-state index contributed by atoms with van der Waals surface area (Å²) >= 11 is 0. The average Bonchev–Trinajstić information content (AvgIpc) is 2.58. The van der Waals surface area contributed by atoms with Crippen LogP contribution in [0.2, 0.25) is 0 Å². The zero-order chi connectivity index (χ0) is 15.8. The Labute approximate surface area is 132 Å². The molecule has 1 N–H and O–H groups in total. The van der Waals surface area contributed by atoms with E-state index in [1.54, 1.807) is 7.11 Å². The average molecular weight is 295 g/mol. The van der Waals surface area contributed by atoms with Crippen LogP contribution in [-0.4, -0.2) is 13.7 Å². The van der Waals surface area contributed by atoms with E-state index >= 15 is 0 Å². The smallest absolute Gasteiger partial charge is 0.162 e. The number of rotatable bonds is 7. The molecule has 0 radical (unpaired) electrons. The van der Waals surface area contributed by atoms with Crippen molar-refractivity contribution in [3.63, 3.8) is 0 Å². The van der Waals surface area contributed by atoms with Crippen molar-refractivity contribution in [1.82, 2.24) is 5.32 Å². The van der Waals surface area contributed by atoms with Crippen LogP contribution >= 0.6 is 0 Å². The Morgan fingerprint density at radius 3 is 2.59 bits per heavy atom. The first kappa shape index (κ1) is 15.9. The molecule has 0 aromatic heterocycles. The first-order valence-corrected chi connectivity index (χ1v) is 7.26. The number of hydrogen-bond acceptors (Lipinski definition) is 3. The van der Waals surface area contributed by atoms with Crippen LogP contribution in [-0.2, 0) is 6.54 Å². The minimum Gasteiger partial charge on any atom is -0.493 e. The van der Waals surface area contributed by atoms with Crippen molar-refractivity contribution in [3.05, 3.63) is 59.7 Å². The molecule has 0 aliphatic rings. The maximum Gasteiger partial charge on any atom is 0.162 e. The molecule has 3 heteroatoms. The summed E-state index contributed by atoms with van der Waals surface area (Å²) in [4.78, 5) is 0. The zero-order valence-electron chi connectivity index (χ0n) is 13.0. The molecule has 0 saturated heterocycles. The van der Waals surface area contributed by atoms with Crippen molar-refractivity contribution in [1.29, 1.82) is 0 Å². The molecular weight excluding hydrogens is 274 g/mol. The summed E-state index contributed by atoms with van der Waals surface area (Å²) in [7, 11) is 1.63. The van der Waals surface area contributed by atoms with Gasteiger partial charge in [0.25, 0.3) is 0 Å². The number of terminal acetylenes is 1. The van der Waals surface area contributed by atoms with E-state index < -0.39 is 0 Å². The second-order valence-electron chi connectivity index (χ2n) is 4.99. The van der Waals surface area contributed by atoms with Gasteiger partial charge in [-0.05, 0) is 30.2 Å². The Kier molecular flexibility index (Phi) is 5.88. The minimum absolute atomic E-state index is 0.235. The molecular formula is C19H21NO2.